The first kappa shape index (κ1) is 19.9. The van der Waals surface area contributed by atoms with E-state index in [1.165, 1.54) is 5.69 Å². The number of carbonyl (C=O) groups excluding carboxylic acids is 1. The minimum absolute atomic E-state index is 0.0293. The molecule has 1 amide bonds. The minimum atomic E-state index is -0.0293. The van der Waals surface area contributed by atoms with Gasteiger partial charge in [0, 0.05) is 24.5 Å². The van der Waals surface area contributed by atoms with Crippen LogP contribution in [0.25, 0.3) is 0 Å². The topological polar surface area (TPSA) is 51.0 Å². The van der Waals surface area contributed by atoms with Crippen molar-refractivity contribution in [3.05, 3.63) is 46.0 Å². The molecule has 0 aliphatic carbocycles. The summed E-state index contributed by atoms with van der Waals surface area (Å²) in [5.74, 6) is 0.821. The molecule has 1 fully saturated rings. The standard InChI is InChI=1S/C21H29ClN4O/c1-13(2)18-12-19(14(3)4)26(24-18)16-8-10-25(11-9-16)21(27)17-7-6-15(5)23-20(17)22/h6-7,12-14,16H,8-11H2,1-5H3. The number of pyridine rings is 1. The maximum absolute atomic E-state index is 12.8. The lowest BCUT2D eigenvalue weighted by Crippen LogP contribution is -2.39. The van der Waals surface area contributed by atoms with E-state index in [-0.39, 0.29) is 11.1 Å². The number of carbonyl (C=O) groups is 1. The van der Waals surface area contributed by atoms with Crippen molar-refractivity contribution < 1.29 is 4.79 Å². The van der Waals surface area contributed by atoms with Crippen LogP contribution in [-0.2, 0) is 0 Å². The van der Waals surface area contributed by atoms with Crippen LogP contribution in [0.15, 0.2) is 18.2 Å². The molecule has 1 aliphatic heterocycles. The Hall–Kier alpha value is -1.88. The molecule has 5 nitrogen and oxygen atoms in total. The van der Waals surface area contributed by atoms with Gasteiger partial charge in [0.25, 0.3) is 5.91 Å². The third-order valence-corrected chi connectivity index (χ3v) is 5.57. The van der Waals surface area contributed by atoms with Crippen LogP contribution in [0.4, 0.5) is 0 Å². The van der Waals surface area contributed by atoms with E-state index in [9.17, 15) is 4.79 Å². The molecular weight excluding hydrogens is 360 g/mol. The van der Waals surface area contributed by atoms with Crippen LogP contribution >= 0.6 is 11.6 Å². The number of aryl methyl sites for hydroxylation is 1. The van der Waals surface area contributed by atoms with E-state index in [1.807, 2.05) is 17.9 Å². The van der Waals surface area contributed by atoms with Gasteiger partial charge in [0.05, 0.1) is 17.3 Å². The smallest absolute Gasteiger partial charge is 0.256 e. The molecule has 2 aromatic rings. The van der Waals surface area contributed by atoms with Gasteiger partial charge in [-0.15, -0.1) is 0 Å². The van der Waals surface area contributed by atoms with Gasteiger partial charge < -0.3 is 4.90 Å². The molecular formula is C21H29ClN4O. The molecule has 2 aromatic heterocycles. The highest BCUT2D eigenvalue weighted by molar-refractivity contribution is 6.32. The lowest BCUT2D eigenvalue weighted by Gasteiger charge is -2.33. The average Bonchev–Trinajstić information content (AvgIpc) is 3.07. The fraction of sp³-hybridized carbons (Fsp3) is 0.571. The van der Waals surface area contributed by atoms with Gasteiger partial charge in [-0.25, -0.2) is 4.98 Å². The highest BCUT2D eigenvalue weighted by Crippen LogP contribution is 2.30. The van der Waals surface area contributed by atoms with Crippen LogP contribution in [0, 0.1) is 6.92 Å². The maximum atomic E-state index is 12.8. The Morgan fingerprint density at radius 3 is 2.37 bits per heavy atom. The lowest BCUT2D eigenvalue weighted by molar-refractivity contribution is 0.0688. The van der Waals surface area contributed by atoms with E-state index in [0.29, 0.717) is 36.5 Å². The molecule has 0 unspecified atom stereocenters. The Morgan fingerprint density at radius 2 is 1.81 bits per heavy atom. The lowest BCUT2D eigenvalue weighted by atomic mass is 10.0. The minimum Gasteiger partial charge on any atom is -0.338 e. The average molecular weight is 389 g/mol. The summed E-state index contributed by atoms with van der Waals surface area (Å²) < 4.78 is 2.21. The third-order valence-electron chi connectivity index (χ3n) is 5.28. The van der Waals surface area contributed by atoms with Crippen LogP contribution in [-0.4, -0.2) is 38.7 Å². The number of amides is 1. The molecule has 0 aromatic carbocycles. The van der Waals surface area contributed by atoms with Gasteiger partial charge in [0.2, 0.25) is 0 Å². The van der Waals surface area contributed by atoms with Crippen molar-refractivity contribution in [2.45, 2.75) is 65.3 Å². The molecule has 1 aliphatic rings. The van der Waals surface area contributed by atoms with Crippen molar-refractivity contribution in [3.8, 4) is 0 Å². The molecule has 0 spiro atoms. The van der Waals surface area contributed by atoms with Gasteiger partial charge in [-0.2, -0.15) is 5.10 Å². The molecule has 0 atom stereocenters. The predicted octanol–water partition coefficient (Wildman–Crippen LogP) is 4.96. The van der Waals surface area contributed by atoms with Crippen molar-refractivity contribution in [1.29, 1.82) is 0 Å². The van der Waals surface area contributed by atoms with Crippen molar-refractivity contribution in [1.82, 2.24) is 19.7 Å². The summed E-state index contributed by atoms with van der Waals surface area (Å²) in [6, 6.07) is 6.19. The Morgan fingerprint density at radius 1 is 1.15 bits per heavy atom. The summed E-state index contributed by atoms with van der Waals surface area (Å²) in [7, 11) is 0. The van der Waals surface area contributed by atoms with Gasteiger partial charge in [-0.1, -0.05) is 39.3 Å². The van der Waals surface area contributed by atoms with E-state index in [4.69, 9.17) is 16.7 Å². The number of halogens is 1. The summed E-state index contributed by atoms with van der Waals surface area (Å²) in [5.41, 5.74) is 3.74. The monoisotopic (exact) mass is 388 g/mol. The number of rotatable bonds is 4. The quantitative estimate of drug-likeness (QED) is 0.695. The zero-order valence-electron chi connectivity index (χ0n) is 16.9. The number of piperidine rings is 1. The first-order chi connectivity index (χ1) is 12.8. The van der Waals surface area contributed by atoms with Crippen molar-refractivity contribution >= 4 is 17.5 Å². The molecule has 27 heavy (non-hydrogen) atoms. The highest BCUT2D eigenvalue weighted by Gasteiger charge is 2.28. The molecule has 3 rings (SSSR count). The maximum Gasteiger partial charge on any atom is 0.256 e. The van der Waals surface area contributed by atoms with Gasteiger partial charge in [0.15, 0.2) is 0 Å². The summed E-state index contributed by atoms with van der Waals surface area (Å²) >= 11 is 6.18. The second-order valence-corrected chi connectivity index (χ2v) is 8.42. The van der Waals surface area contributed by atoms with E-state index >= 15 is 0 Å². The molecule has 1 saturated heterocycles. The molecule has 146 valence electrons. The second-order valence-electron chi connectivity index (χ2n) is 8.06. The Labute approximate surface area is 166 Å². The fourth-order valence-corrected chi connectivity index (χ4v) is 3.88. The highest BCUT2D eigenvalue weighted by atomic mass is 35.5. The van der Waals surface area contributed by atoms with Crippen molar-refractivity contribution in [3.63, 3.8) is 0 Å². The second kappa shape index (κ2) is 8.01. The Bertz CT molecular complexity index is 820. The van der Waals surface area contributed by atoms with Crippen LogP contribution in [0.5, 0.6) is 0 Å². The zero-order valence-corrected chi connectivity index (χ0v) is 17.6. The van der Waals surface area contributed by atoms with E-state index in [0.717, 1.165) is 24.2 Å². The summed E-state index contributed by atoms with van der Waals surface area (Å²) in [6.07, 6.45) is 1.81. The summed E-state index contributed by atoms with van der Waals surface area (Å²) in [4.78, 5) is 18.9. The third kappa shape index (κ3) is 4.18. The van der Waals surface area contributed by atoms with E-state index in [2.05, 4.69) is 43.4 Å². The van der Waals surface area contributed by atoms with Gasteiger partial charge in [0.1, 0.15) is 5.15 Å². The number of hydrogen-bond acceptors (Lipinski definition) is 3. The first-order valence-corrected chi connectivity index (χ1v) is 10.2. The van der Waals surface area contributed by atoms with Crippen molar-refractivity contribution in [2.75, 3.05) is 13.1 Å². The predicted molar refractivity (Wildman–Crippen MR) is 109 cm³/mol. The van der Waals surface area contributed by atoms with Crippen LogP contribution in [0.2, 0.25) is 5.15 Å². The number of nitrogens with zero attached hydrogens (tertiary/aromatic N) is 4. The number of likely N-dealkylation sites (tertiary alicyclic amines) is 1. The van der Waals surface area contributed by atoms with Crippen LogP contribution < -0.4 is 0 Å². The molecule has 0 bridgehead atoms. The first-order valence-electron chi connectivity index (χ1n) is 9.79. The van der Waals surface area contributed by atoms with Crippen LogP contribution in [0.3, 0.4) is 0 Å². The SMILES string of the molecule is Cc1ccc(C(=O)N2CCC(n3nc(C(C)C)cc3C(C)C)CC2)c(Cl)n1. The fourth-order valence-electron chi connectivity index (χ4n) is 3.60. The molecule has 0 saturated carbocycles. The van der Waals surface area contributed by atoms with Gasteiger partial charge >= 0.3 is 0 Å². The Balaban J connectivity index is 1.73. The number of aromatic nitrogens is 3. The molecule has 0 N–H and O–H groups in total. The largest absolute Gasteiger partial charge is 0.338 e. The van der Waals surface area contributed by atoms with Gasteiger partial charge in [-0.05, 0) is 49.8 Å². The van der Waals surface area contributed by atoms with E-state index in [1.54, 1.807) is 6.07 Å². The van der Waals surface area contributed by atoms with Gasteiger partial charge in [-0.3, -0.25) is 9.48 Å². The molecule has 0 radical (unpaired) electrons. The normalized spacial score (nSPS) is 15.8. The number of hydrogen-bond donors (Lipinski definition) is 0. The molecule has 6 heteroatoms. The van der Waals surface area contributed by atoms with Crippen molar-refractivity contribution in [2.24, 2.45) is 0 Å². The summed E-state index contributed by atoms with van der Waals surface area (Å²) in [6.45, 7) is 12.1. The van der Waals surface area contributed by atoms with E-state index < -0.39 is 0 Å². The van der Waals surface area contributed by atoms with Crippen LogP contribution in [0.1, 0.15) is 85.9 Å². The Kier molecular flexibility index (Phi) is 5.89. The summed E-state index contributed by atoms with van der Waals surface area (Å²) in [5, 5.41) is 5.18. The zero-order chi connectivity index (χ0) is 19.7. The molecule has 3 heterocycles.